The quantitative estimate of drug-likeness (QED) is 0.154. The lowest BCUT2D eigenvalue weighted by atomic mass is 9.84. The van der Waals surface area contributed by atoms with Crippen molar-refractivity contribution >= 4 is 18.1 Å². The number of nitrogens with one attached hydrogen (secondary N) is 2. The number of aldehydes is 1. The van der Waals surface area contributed by atoms with E-state index in [1.807, 2.05) is 6.92 Å². The van der Waals surface area contributed by atoms with Crippen LogP contribution >= 0.6 is 0 Å². The summed E-state index contributed by atoms with van der Waals surface area (Å²) in [5.74, 6) is 2.16. The Balaban J connectivity index is 4.39. The van der Waals surface area contributed by atoms with Gasteiger partial charge < -0.3 is 30.0 Å². The molecule has 1 atom stereocenters. The van der Waals surface area contributed by atoms with Crippen molar-refractivity contribution in [2.45, 2.75) is 70.3 Å². The molecule has 0 fully saturated rings. The van der Waals surface area contributed by atoms with Gasteiger partial charge in [-0.15, -0.1) is 6.42 Å². The molecule has 3 N–H and O–H groups in total. The third-order valence-corrected chi connectivity index (χ3v) is 4.83. The van der Waals surface area contributed by atoms with Crippen LogP contribution in [0.2, 0.25) is 0 Å². The first-order valence-corrected chi connectivity index (χ1v) is 10.7. The zero-order valence-corrected chi connectivity index (χ0v) is 18.2. The van der Waals surface area contributed by atoms with Crippen LogP contribution in [0.3, 0.4) is 0 Å². The van der Waals surface area contributed by atoms with Gasteiger partial charge in [0, 0.05) is 38.0 Å². The van der Waals surface area contributed by atoms with E-state index >= 15 is 0 Å². The second-order valence-corrected chi connectivity index (χ2v) is 7.14. The van der Waals surface area contributed by atoms with Crippen molar-refractivity contribution in [3.8, 4) is 12.3 Å². The summed E-state index contributed by atoms with van der Waals surface area (Å²) in [4.78, 5) is 34.9. The van der Waals surface area contributed by atoms with Crippen molar-refractivity contribution in [1.29, 1.82) is 0 Å². The highest BCUT2D eigenvalue weighted by atomic mass is 16.5. The summed E-state index contributed by atoms with van der Waals surface area (Å²) in [6.07, 6.45) is 10.6. The lowest BCUT2D eigenvalue weighted by molar-refractivity contribution is -0.125. The van der Waals surface area contributed by atoms with Crippen LogP contribution in [0.5, 0.6) is 0 Å². The van der Waals surface area contributed by atoms with Gasteiger partial charge in [0.15, 0.2) is 0 Å². The number of carbonyl (C=O) groups is 3. The number of hydrogen-bond acceptors (Lipinski definition) is 6. The minimum absolute atomic E-state index is 0.0985. The summed E-state index contributed by atoms with van der Waals surface area (Å²) in [5.41, 5.74) is -0.490. The molecule has 8 heteroatoms. The molecule has 0 aromatic rings. The molecule has 0 aliphatic carbocycles. The molecule has 0 bridgehead atoms. The molecule has 0 spiro atoms. The molecule has 0 heterocycles. The van der Waals surface area contributed by atoms with Crippen LogP contribution < -0.4 is 10.6 Å². The van der Waals surface area contributed by atoms with Gasteiger partial charge >= 0.3 is 0 Å². The molecule has 1 unspecified atom stereocenters. The van der Waals surface area contributed by atoms with Crippen LogP contribution in [0, 0.1) is 12.3 Å². The number of aliphatic hydroxyl groups excluding tert-OH is 1. The summed E-state index contributed by atoms with van der Waals surface area (Å²) >= 11 is 0. The predicted octanol–water partition coefficient (Wildman–Crippen LogP) is 1.35. The van der Waals surface area contributed by atoms with E-state index in [0.29, 0.717) is 64.9 Å². The minimum atomic E-state index is -0.490. The van der Waals surface area contributed by atoms with E-state index < -0.39 is 5.54 Å². The second kappa shape index (κ2) is 19.0. The second-order valence-electron chi connectivity index (χ2n) is 7.14. The summed E-state index contributed by atoms with van der Waals surface area (Å²) in [6, 6.07) is 0. The number of ether oxygens (including phenoxy) is 2. The summed E-state index contributed by atoms with van der Waals surface area (Å²) in [5, 5.41) is 15.0. The van der Waals surface area contributed by atoms with E-state index in [1.165, 1.54) is 0 Å². The van der Waals surface area contributed by atoms with E-state index in [1.54, 1.807) is 0 Å². The molecular formula is C22H38N2O6. The molecule has 0 aromatic heterocycles. The molecule has 0 saturated heterocycles. The smallest absolute Gasteiger partial charge is 0.220 e. The lowest BCUT2D eigenvalue weighted by Gasteiger charge is -2.34. The van der Waals surface area contributed by atoms with Gasteiger partial charge in [-0.05, 0) is 38.5 Å². The van der Waals surface area contributed by atoms with Gasteiger partial charge in [-0.1, -0.05) is 12.8 Å². The van der Waals surface area contributed by atoms with Gasteiger partial charge in [0.05, 0.1) is 19.8 Å². The Bertz CT molecular complexity index is 520. The van der Waals surface area contributed by atoms with Crippen molar-refractivity contribution in [1.82, 2.24) is 10.6 Å². The largest absolute Gasteiger partial charge is 0.396 e. The molecule has 0 aromatic carbocycles. The molecule has 0 aliphatic heterocycles. The Morgan fingerprint density at radius 2 is 1.83 bits per heavy atom. The third-order valence-electron chi connectivity index (χ3n) is 4.83. The Labute approximate surface area is 180 Å². The topological polar surface area (TPSA) is 114 Å². The Hall–Kier alpha value is -1.95. The van der Waals surface area contributed by atoms with E-state index in [4.69, 9.17) is 21.0 Å². The van der Waals surface area contributed by atoms with Crippen molar-refractivity contribution in [2.24, 2.45) is 0 Å². The molecule has 8 nitrogen and oxygen atoms in total. The maximum absolute atomic E-state index is 12.3. The molecular weight excluding hydrogens is 388 g/mol. The monoisotopic (exact) mass is 426 g/mol. The van der Waals surface area contributed by atoms with Crippen LogP contribution in [0.15, 0.2) is 0 Å². The summed E-state index contributed by atoms with van der Waals surface area (Å²) < 4.78 is 10.4. The highest BCUT2D eigenvalue weighted by Gasteiger charge is 2.29. The van der Waals surface area contributed by atoms with Crippen LogP contribution in [0.4, 0.5) is 0 Å². The number of hydrogen-bond donors (Lipinski definition) is 3. The zero-order chi connectivity index (χ0) is 22.5. The fraction of sp³-hybridized carbons (Fsp3) is 0.773. The number of terminal acetylenes is 1. The molecule has 0 rings (SSSR count). The Morgan fingerprint density at radius 3 is 2.50 bits per heavy atom. The number of unbranched alkanes of at least 4 members (excludes halogenated alkanes) is 2. The average Bonchev–Trinajstić information content (AvgIpc) is 2.74. The van der Waals surface area contributed by atoms with Gasteiger partial charge in [0.2, 0.25) is 11.8 Å². The van der Waals surface area contributed by atoms with Gasteiger partial charge in [-0.25, -0.2) is 0 Å². The van der Waals surface area contributed by atoms with Crippen molar-refractivity contribution in [2.75, 3.05) is 39.6 Å². The molecule has 0 aliphatic rings. The maximum atomic E-state index is 12.3. The maximum Gasteiger partial charge on any atom is 0.220 e. The van der Waals surface area contributed by atoms with Crippen LogP contribution in [0.25, 0.3) is 0 Å². The van der Waals surface area contributed by atoms with E-state index in [2.05, 4.69) is 16.6 Å². The first kappa shape index (κ1) is 28.1. The van der Waals surface area contributed by atoms with E-state index in [9.17, 15) is 14.4 Å². The van der Waals surface area contributed by atoms with Crippen LogP contribution in [-0.4, -0.2) is 68.3 Å². The van der Waals surface area contributed by atoms with Crippen molar-refractivity contribution < 1.29 is 29.0 Å². The SMILES string of the molecule is C#CCOCCOCCNC(=O)CCC(CC)(CCCCO)NC(=O)CCCC=O. The Kier molecular flexibility index (Phi) is 17.8. The molecule has 172 valence electrons. The molecule has 2 amide bonds. The molecule has 0 radical (unpaired) electrons. The van der Waals surface area contributed by atoms with E-state index in [-0.39, 0.29) is 37.9 Å². The Morgan fingerprint density at radius 1 is 1.07 bits per heavy atom. The van der Waals surface area contributed by atoms with Gasteiger partial charge in [0.25, 0.3) is 0 Å². The number of carbonyl (C=O) groups excluding carboxylic acids is 3. The van der Waals surface area contributed by atoms with E-state index in [0.717, 1.165) is 12.7 Å². The highest BCUT2D eigenvalue weighted by Crippen LogP contribution is 2.25. The number of amides is 2. The first-order valence-electron chi connectivity index (χ1n) is 10.7. The number of rotatable bonds is 20. The number of aliphatic hydroxyl groups is 1. The predicted molar refractivity (Wildman–Crippen MR) is 115 cm³/mol. The standard InChI is InChI=1S/C22H38N2O6/c1-3-16-29-18-19-30-17-13-23-20(27)10-12-22(4-2,11-6-8-15-26)24-21(28)9-5-7-14-25/h1,14,26H,4-13,15-19H2,2H3,(H,23,27)(H,24,28). The molecule has 0 saturated carbocycles. The third kappa shape index (κ3) is 15.0. The fourth-order valence-electron chi connectivity index (χ4n) is 3.03. The van der Waals surface area contributed by atoms with Gasteiger partial charge in [-0.2, -0.15) is 0 Å². The summed E-state index contributed by atoms with van der Waals surface area (Å²) in [7, 11) is 0. The van der Waals surface area contributed by atoms with Gasteiger partial charge in [0.1, 0.15) is 12.9 Å². The lowest BCUT2D eigenvalue weighted by Crippen LogP contribution is -2.48. The minimum Gasteiger partial charge on any atom is -0.396 e. The summed E-state index contributed by atoms with van der Waals surface area (Å²) in [6.45, 7) is 3.95. The normalized spacial score (nSPS) is 12.6. The van der Waals surface area contributed by atoms with Crippen molar-refractivity contribution in [3.63, 3.8) is 0 Å². The first-order chi connectivity index (χ1) is 14.5. The highest BCUT2D eigenvalue weighted by molar-refractivity contribution is 5.78. The molecule has 30 heavy (non-hydrogen) atoms. The van der Waals surface area contributed by atoms with Crippen LogP contribution in [-0.2, 0) is 23.9 Å². The van der Waals surface area contributed by atoms with Crippen molar-refractivity contribution in [3.05, 3.63) is 0 Å². The van der Waals surface area contributed by atoms with Crippen LogP contribution in [0.1, 0.15) is 64.7 Å². The fourth-order valence-corrected chi connectivity index (χ4v) is 3.03. The zero-order valence-electron chi connectivity index (χ0n) is 18.2. The average molecular weight is 427 g/mol. The van der Waals surface area contributed by atoms with Gasteiger partial charge in [-0.3, -0.25) is 9.59 Å².